The van der Waals surface area contributed by atoms with E-state index in [0.29, 0.717) is 0 Å². The fraction of sp³-hybridized carbons (Fsp3) is 0.889. The van der Waals surface area contributed by atoms with E-state index in [-0.39, 0.29) is 58.4 Å². The fourth-order valence-electron chi connectivity index (χ4n) is 10.7. The topological polar surface area (TPSA) is 92.2 Å². The Morgan fingerprint density at radius 2 is 0.329 bits per heavy atom. The molecule has 0 aromatic rings. The summed E-state index contributed by atoms with van der Waals surface area (Å²) in [6.45, 7) is 9.09. The maximum Gasteiger partial charge on any atom is 2.00 e. The normalized spacial score (nSPS) is 12.7. The summed E-state index contributed by atoms with van der Waals surface area (Å²) in [4.78, 5) is 48.6. The van der Waals surface area contributed by atoms with Gasteiger partial charge >= 0.3 is 58.4 Å². The Balaban J connectivity index is -0.000000485. The van der Waals surface area contributed by atoms with Gasteiger partial charge in [-0.3, -0.25) is 0 Å². The molecule has 0 aliphatic rings. The third kappa shape index (κ3) is 83.0. The zero-order valence-corrected chi connectivity index (χ0v) is 71.3. The van der Waals surface area contributed by atoms with Crippen LogP contribution in [-0.4, -0.2) is 23.0 Å². The number of rotatable bonds is 64. The molecule has 0 saturated carbocycles. The molecule has 0 radical (unpaired) electrons. The van der Waals surface area contributed by atoms with Crippen LogP contribution in [-0.2, 0) is 103 Å². The van der Waals surface area contributed by atoms with Crippen molar-refractivity contribution in [1.82, 2.24) is 0 Å². The molecule has 0 bridgehead atoms. The Morgan fingerprint density at radius 1 is 0.212 bits per heavy atom. The van der Waals surface area contributed by atoms with Crippen LogP contribution < -0.4 is 19.6 Å². The van der Waals surface area contributed by atoms with Crippen LogP contribution in [0.15, 0.2) is 48.6 Å². The van der Waals surface area contributed by atoms with E-state index in [1.807, 2.05) is 0 Å². The molecule has 492 valence electrons. The van der Waals surface area contributed by atoms with E-state index < -0.39 is 31.5 Å². The minimum Gasteiger partial charge on any atom is -0.854 e. The molecular formula is C72H140O4P2S4Zn3. The first-order valence-electron chi connectivity index (χ1n) is 36.0. The second kappa shape index (κ2) is 81.2. The smallest absolute Gasteiger partial charge is 0.854 e. The Labute approximate surface area is 587 Å². The zero-order valence-electron chi connectivity index (χ0n) is 57.3. The quantitative estimate of drug-likeness (QED) is 0.0198. The summed E-state index contributed by atoms with van der Waals surface area (Å²) in [6.07, 6.45) is 91.0. The Hall–Kier alpha value is 2.93. The first-order valence-corrected chi connectivity index (χ1v) is 45.7. The molecule has 0 N–H and O–H groups in total. The maximum atomic E-state index is 12.2. The molecule has 0 atom stereocenters. The van der Waals surface area contributed by atoms with Gasteiger partial charge in [0.1, 0.15) is 0 Å². The van der Waals surface area contributed by atoms with Gasteiger partial charge in [0.25, 0.3) is 0 Å². The van der Waals surface area contributed by atoms with Crippen molar-refractivity contribution in [3.8, 4) is 0 Å². The second-order valence-electron chi connectivity index (χ2n) is 24.4. The maximum absolute atomic E-state index is 12.2. The van der Waals surface area contributed by atoms with Gasteiger partial charge in [0.05, 0.1) is 0 Å². The standard InChI is InChI=1S/2C36H70O2PS2.3Zn/c2*1-3-5-7-9-11-13-15-17-19-21-23-25-27-29-31-33-35-41(39(37,38)40)36-34-32-30-28-26-24-22-20-18-16-14-12-10-8-6-4-2;;;/h2*17-20H,3-16,21-36H2,1-2H3;;;/q2*-3;3*+2. The van der Waals surface area contributed by atoms with Crippen molar-refractivity contribution in [2.75, 3.05) is 23.0 Å². The third-order valence-electron chi connectivity index (χ3n) is 16.2. The summed E-state index contributed by atoms with van der Waals surface area (Å²) in [5, 5.41) is 0. The van der Waals surface area contributed by atoms with Gasteiger partial charge in [-0.15, -0.1) is 0 Å². The summed E-state index contributed by atoms with van der Waals surface area (Å²) >= 11 is 9.85. The molecule has 0 aliphatic heterocycles. The van der Waals surface area contributed by atoms with Crippen LogP contribution in [0.2, 0.25) is 0 Å². The van der Waals surface area contributed by atoms with Crippen molar-refractivity contribution < 1.29 is 78.0 Å². The summed E-state index contributed by atoms with van der Waals surface area (Å²) < 4.78 is 0. The van der Waals surface area contributed by atoms with Crippen molar-refractivity contribution in [2.24, 2.45) is 0 Å². The van der Waals surface area contributed by atoms with E-state index >= 15 is 0 Å². The first kappa shape index (κ1) is 96.6. The summed E-state index contributed by atoms with van der Waals surface area (Å²) in [6, 6.07) is 0. The first-order chi connectivity index (χ1) is 40.0. The number of hydrogen-bond acceptors (Lipinski definition) is 6. The van der Waals surface area contributed by atoms with E-state index in [2.05, 4.69) is 76.3 Å². The van der Waals surface area contributed by atoms with Crippen LogP contribution in [0.25, 0.3) is 0 Å². The average molecular weight is 1460 g/mol. The average Bonchev–Trinajstić information content (AvgIpc) is 3.51. The molecule has 0 unspecified atom stereocenters. The predicted molar refractivity (Wildman–Crippen MR) is 381 cm³/mol. The molecule has 0 spiro atoms. The van der Waals surface area contributed by atoms with Gasteiger partial charge in [-0.05, 0) is 151 Å². The molecule has 0 saturated heterocycles. The van der Waals surface area contributed by atoms with E-state index in [4.69, 9.17) is 24.5 Å². The predicted octanol–water partition coefficient (Wildman–Crippen LogP) is 23.2. The van der Waals surface area contributed by atoms with Gasteiger partial charge in [-0.1, -0.05) is 307 Å². The second-order valence-corrected chi connectivity index (χ2v) is 39.9. The molecule has 0 amide bonds. The minimum absolute atomic E-state index is 0. The van der Waals surface area contributed by atoms with Crippen LogP contribution in [0.4, 0.5) is 0 Å². The molecule has 0 aromatic carbocycles. The zero-order chi connectivity index (χ0) is 60.2. The van der Waals surface area contributed by atoms with Crippen molar-refractivity contribution in [3.63, 3.8) is 0 Å². The van der Waals surface area contributed by atoms with Crippen molar-refractivity contribution in [3.05, 3.63) is 48.6 Å². The summed E-state index contributed by atoms with van der Waals surface area (Å²) in [5.41, 5.74) is -7.22. The molecule has 85 heavy (non-hydrogen) atoms. The van der Waals surface area contributed by atoms with Gasteiger partial charge in [0, 0.05) is 0 Å². The number of unbranched alkanes of at least 4 members (excludes halogenated alkanes) is 48. The molecule has 13 heteroatoms. The van der Waals surface area contributed by atoms with Crippen molar-refractivity contribution >= 4 is 56.0 Å². The third-order valence-corrected chi connectivity index (χ3v) is 30.3. The molecule has 0 aromatic heterocycles. The fourth-order valence-corrected chi connectivity index (χ4v) is 21.1. The molecule has 0 aliphatic carbocycles. The van der Waals surface area contributed by atoms with Gasteiger partial charge in [0.15, 0.2) is 0 Å². The van der Waals surface area contributed by atoms with Gasteiger partial charge in [-0.2, -0.15) is 0 Å². The van der Waals surface area contributed by atoms with E-state index in [9.17, 15) is 19.6 Å². The van der Waals surface area contributed by atoms with Crippen molar-refractivity contribution in [2.45, 2.75) is 387 Å². The monoisotopic (exact) mass is 1450 g/mol. The molecule has 0 rings (SSSR count). The van der Waals surface area contributed by atoms with Gasteiger partial charge in [0.2, 0.25) is 0 Å². The number of allylic oxidation sites excluding steroid dienone is 8. The van der Waals surface area contributed by atoms with Crippen LogP contribution in [0.5, 0.6) is 0 Å². The Kier molecular flexibility index (Phi) is 92.3. The van der Waals surface area contributed by atoms with Crippen molar-refractivity contribution in [1.29, 1.82) is 0 Å². The largest absolute Gasteiger partial charge is 2.00 e. The molecule has 0 heterocycles. The van der Waals surface area contributed by atoms with Crippen LogP contribution in [0.3, 0.4) is 0 Å². The van der Waals surface area contributed by atoms with E-state index in [1.54, 1.807) is 0 Å². The minimum atomic E-state index is -3.61. The van der Waals surface area contributed by atoms with Crippen LogP contribution in [0, 0.1) is 0 Å². The van der Waals surface area contributed by atoms with Crippen LogP contribution in [0.1, 0.15) is 387 Å². The number of hydrogen-bond donors (Lipinski definition) is 0. The SMILES string of the molecule is CCCCCCCCC=CCCCCCCCCS(CCCCCCCCC=CCCCCCCCC)=P([O-])([O-])[S-].CCCCCCCCC=CCCCCCCCCS(CCCCCCCCC=CCCCCCCCC)=P([O-])([O-])[S-].[Zn+2].[Zn+2].[Zn+2]. The van der Waals surface area contributed by atoms with Gasteiger partial charge < -0.3 is 55.5 Å². The molecular weight excluding hydrogens is 1320 g/mol. The Bertz CT molecular complexity index is 1310. The van der Waals surface area contributed by atoms with E-state index in [1.165, 1.54) is 308 Å². The molecule has 4 nitrogen and oxygen atoms in total. The van der Waals surface area contributed by atoms with Crippen LogP contribution >= 0.6 is 11.4 Å². The van der Waals surface area contributed by atoms with Gasteiger partial charge in [-0.25, -0.2) is 20.1 Å². The van der Waals surface area contributed by atoms with E-state index in [0.717, 1.165) is 74.4 Å². The molecule has 0 fully saturated rings. The Morgan fingerprint density at radius 3 is 0.459 bits per heavy atom. The summed E-state index contributed by atoms with van der Waals surface area (Å²) in [7, 11) is -1.16. The summed E-state index contributed by atoms with van der Waals surface area (Å²) in [5.74, 6) is 3.21.